The molecule has 0 aliphatic rings. The van der Waals surface area contributed by atoms with E-state index in [-0.39, 0.29) is 29.7 Å². The molecule has 2 N–H and O–H groups in total. The van der Waals surface area contributed by atoms with E-state index in [0.717, 1.165) is 11.3 Å². The molecule has 37 heavy (non-hydrogen) atoms. The molecular formula is C26H23Cl2N5O3S. The van der Waals surface area contributed by atoms with Crippen molar-refractivity contribution in [2.45, 2.75) is 18.6 Å². The molecule has 3 aromatic carbocycles. The summed E-state index contributed by atoms with van der Waals surface area (Å²) in [6, 6.07) is 19.6. The largest absolute Gasteiger partial charge is 0.497 e. The molecule has 2 amide bonds. The summed E-state index contributed by atoms with van der Waals surface area (Å²) < 4.78 is 6.96. The number of hydrogen-bond acceptors (Lipinski definition) is 6. The van der Waals surface area contributed by atoms with Gasteiger partial charge in [0.15, 0.2) is 11.0 Å². The lowest BCUT2D eigenvalue weighted by atomic mass is 10.2. The molecule has 190 valence electrons. The number of nitrogens with one attached hydrogen (secondary N) is 2. The highest BCUT2D eigenvalue weighted by molar-refractivity contribution is 7.99. The molecule has 0 atom stereocenters. The van der Waals surface area contributed by atoms with Crippen LogP contribution in [-0.2, 0) is 11.3 Å². The van der Waals surface area contributed by atoms with E-state index >= 15 is 0 Å². The fourth-order valence-corrected chi connectivity index (χ4v) is 4.61. The number of anilines is 1. The minimum absolute atomic E-state index is 0.0845. The minimum Gasteiger partial charge on any atom is -0.497 e. The number of aromatic nitrogens is 3. The Balaban J connectivity index is 1.50. The topological polar surface area (TPSA) is 98.1 Å². The number of nitrogens with zero attached hydrogens (tertiary/aromatic N) is 3. The van der Waals surface area contributed by atoms with E-state index < -0.39 is 0 Å². The zero-order chi connectivity index (χ0) is 26.4. The minimum atomic E-state index is -0.389. The number of hydrogen-bond donors (Lipinski definition) is 2. The van der Waals surface area contributed by atoms with E-state index in [4.69, 9.17) is 27.9 Å². The number of benzene rings is 3. The molecule has 0 radical (unpaired) electrons. The van der Waals surface area contributed by atoms with Crippen molar-refractivity contribution in [3.05, 3.63) is 93.7 Å². The van der Waals surface area contributed by atoms with Gasteiger partial charge in [0.2, 0.25) is 5.91 Å². The number of halogens is 2. The van der Waals surface area contributed by atoms with Crippen molar-refractivity contribution >= 4 is 52.5 Å². The number of ether oxygens (including phenoxy) is 1. The third kappa shape index (κ3) is 6.82. The molecule has 1 aromatic heterocycles. The van der Waals surface area contributed by atoms with E-state index in [1.54, 1.807) is 43.5 Å². The monoisotopic (exact) mass is 555 g/mol. The van der Waals surface area contributed by atoms with Crippen LogP contribution in [0.15, 0.2) is 71.9 Å². The zero-order valence-corrected chi connectivity index (χ0v) is 22.3. The summed E-state index contributed by atoms with van der Waals surface area (Å²) in [6.07, 6.45) is 0. The zero-order valence-electron chi connectivity index (χ0n) is 20.0. The molecule has 0 aliphatic carbocycles. The normalized spacial score (nSPS) is 10.7. The van der Waals surface area contributed by atoms with Gasteiger partial charge in [0.05, 0.1) is 30.0 Å². The van der Waals surface area contributed by atoms with Gasteiger partial charge in [-0.1, -0.05) is 47.1 Å². The second-order valence-electron chi connectivity index (χ2n) is 7.95. The number of carbonyl (C=O) groups is 2. The summed E-state index contributed by atoms with van der Waals surface area (Å²) >= 11 is 13.4. The van der Waals surface area contributed by atoms with E-state index in [2.05, 4.69) is 20.8 Å². The number of thioether (sulfide) groups is 1. The van der Waals surface area contributed by atoms with E-state index in [0.29, 0.717) is 32.5 Å². The Kier molecular flexibility index (Phi) is 8.70. The van der Waals surface area contributed by atoms with Crippen LogP contribution in [0.5, 0.6) is 5.75 Å². The maximum absolute atomic E-state index is 12.8. The number of carbonyl (C=O) groups excluding carboxylic acids is 2. The van der Waals surface area contributed by atoms with Gasteiger partial charge in [-0.3, -0.25) is 14.2 Å². The lowest BCUT2D eigenvalue weighted by Gasteiger charge is -2.12. The van der Waals surface area contributed by atoms with Crippen LogP contribution >= 0.6 is 35.0 Å². The van der Waals surface area contributed by atoms with Crippen LogP contribution < -0.4 is 15.4 Å². The van der Waals surface area contributed by atoms with Crippen LogP contribution in [0.25, 0.3) is 5.69 Å². The molecule has 0 unspecified atom stereocenters. The van der Waals surface area contributed by atoms with Crippen molar-refractivity contribution in [2.24, 2.45) is 0 Å². The molecule has 4 aromatic rings. The van der Waals surface area contributed by atoms with E-state index in [9.17, 15) is 9.59 Å². The maximum Gasteiger partial charge on any atom is 0.253 e. The average Bonchev–Trinajstić information content (AvgIpc) is 3.30. The quantitative estimate of drug-likeness (QED) is 0.262. The summed E-state index contributed by atoms with van der Waals surface area (Å²) in [7, 11) is 1.58. The van der Waals surface area contributed by atoms with Crippen molar-refractivity contribution < 1.29 is 14.3 Å². The summed E-state index contributed by atoms with van der Waals surface area (Å²) in [6.45, 7) is 2.06. The molecule has 0 spiro atoms. The molecule has 4 rings (SSSR count). The van der Waals surface area contributed by atoms with Crippen LogP contribution in [0, 0.1) is 6.92 Å². The molecule has 11 heteroatoms. The molecule has 0 aliphatic heterocycles. The summed E-state index contributed by atoms with van der Waals surface area (Å²) in [5.74, 6) is 0.727. The molecule has 8 nitrogen and oxygen atoms in total. The third-order valence-corrected chi connectivity index (χ3v) is 6.74. The predicted octanol–water partition coefficient (Wildman–Crippen LogP) is 5.55. The number of amides is 2. The maximum atomic E-state index is 12.8. The second kappa shape index (κ2) is 12.1. The number of aryl methyl sites for hydroxylation is 1. The smallest absolute Gasteiger partial charge is 0.253 e. The molecule has 0 saturated carbocycles. The highest BCUT2D eigenvalue weighted by atomic mass is 35.5. The van der Waals surface area contributed by atoms with Gasteiger partial charge < -0.3 is 15.4 Å². The van der Waals surface area contributed by atoms with Gasteiger partial charge in [-0.25, -0.2) is 0 Å². The second-order valence-corrected chi connectivity index (χ2v) is 9.73. The van der Waals surface area contributed by atoms with E-state index in [1.807, 2.05) is 35.8 Å². The lowest BCUT2D eigenvalue weighted by Crippen LogP contribution is -2.25. The van der Waals surface area contributed by atoms with Crippen molar-refractivity contribution in [1.82, 2.24) is 20.1 Å². The Hall–Kier alpha value is -3.53. The Morgan fingerprint density at radius 3 is 2.54 bits per heavy atom. The summed E-state index contributed by atoms with van der Waals surface area (Å²) in [4.78, 5) is 25.3. The Morgan fingerprint density at radius 2 is 1.81 bits per heavy atom. The molecule has 0 fully saturated rings. The number of methoxy groups -OCH3 is 1. The molecular weight excluding hydrogens is 533 g/mol. The van der Waals surface area contributed by atoms with Crippen LogP contribution in [0.2, 0.25) is 10.0 Å². The SMILES string of the molecule is COc1ccc(NC(=O)CSc2nnc(CNC(=O)c3cc(Cl)ccc3Cl)n2-c2cccc(C)c2)cc1. The highest BCUT2D eigenvalue weighted by Gasteiger charge is 2.18. The molecule has 0 bridgehead atoms. The van der Waals surface area contributed by atoms with Crippen molar-refractivity contribution in [1.29, 1.82) is 0 Å². The third-order valence-electron chi connectivity index (χ3n) is 5.25. The van der Waals surface area contributed by atoms with Gasteiger partial charge in [0, 0.05) is 16.4 Å². The first kappa shape index (κ1) is 26.5. The Labute approximate surface area is 228 Å². The Bertz CT molecular complexity index is 1430. The van der Waals surface area contributed by atoms with Gasteiger partial charge in [-0.15, -0.1) is 10.2 Å². The first-order valence-corrected chi connectivity index (χ1v) is 12.9. The van der Waals surface area contributed by atoms with Gasteiger partial charge in [0.1, 0.15) is 5.75 Å². The lowest BCUT2D eigenvalue weighted by molar-refractivity contribution is -0.113. The van der Waals surface area contributed by atoms with Crippen LogP contribution in [0.4, 0.5) is 5.69 Å². The van der Waals surface area contributed by atoms with Crippen molar-refractivity contribution in [3.8, 4) is 11.4 Å². The van der Waals surface area contributed by atoms with Crippen molar-refractivity contribution in [2.75, 3.05) is 18.2 Å². The number of rotatable bonds is 9. The first-order valence-electron chi connectivity index (χ1n) is 11.2. The Morgan fingerprint density at radius 1 is 1.03 bits per heavy atom. The molecule has 0 saturated heterocycles. The fourth-order valence-electron chi connectivity index (χ4n) is 3.46. The van der Waals surface area contributed by atoms with Crippen LogP contribution in [-0.4, -0.2) is 39.4 Å². The summed E-state index contributed by atoms with van der Waals surface area (Å²) in [5.41, 5.74) is 2.78. The highest BCUT2D eigenvalue weighted by Crippen LogP contribution is 2.24. The average molecular weight is 556 g/mol. The van der Waals surface area contributed by atoms with E-state index in [1.165, 1.54) is 17.8 Å². The molecule has 1 heterocycles. The van der Waals surface area contributed by atoms with Crippen LogP contribution in [0.3, 0.4) is 0 Å². The predicted molar refractivity (Wildman–Crippen MR) is 146 cm³/mol. The first-order chi connectivity index (χ1) is 17.8. The van der Waals surface area contributed by atoms with Gasteiger partial charge in [-0.05, 0) is 67.1 Å². The van der Waals surface area contributed by atoms with Gasteiger partial charge >= 0.3 is 0 Å². The summed E-state index contributed by atoms with van der Waals surface area (Å²) in [5, 5.41) is 15.5. The van der Waals surface area contributed by atoms with Crippen LogP contribution in [0.1, 0.15) is 21.7 Å². The standard InChI is InChI=1S/C26H23Cl2N5O3S/c1-16-4-3-5-19(12-16)33-23(14-29-25(35)21-13-17(27)6-11-22(21)28)31-32-26(33)37-15-24(34)30-18-7-9-20(36-2)10-8-18/h3-13H,14-15H2,1-2H3,(H,29,35)(H,30,34). The fraction of sp³-hybridized carbons (Fsp3) is 0.154. The van der Waals surface area contributed by atoms with Gasteiger partial charge in [0.25, 0.3) is 5.91 Å². The van der Waals surface area contributed by atoms with Crippen molar-refractivity contribution in [3.63, 3.8) is 0 Å². The van der Waals surface area contributed by atoms with Gasteiger partial charge in [-0.2, -0.15) is 0 Å².